The summed E-state index contributed by atoms with van der Waals surface area (Å²) in [6.45, 7) is 4.79. The summed E-state index contributed by atoms with van der Waals surface area (Å²) in [5.74, 6) is 1.75. The Morgan fingerprint density at radius 1 is 0.829 bits per heavy atom. The van der Waals surface area contributed by atoms with Crippen LogP contribution >= 0.6 is 0 Å². The topological polar surface area (TPSA) is 66.6 Å². The minimum absolute atomic E-state index is 0.164. The Morgan fingerprint density at radius 2 is 1.54 bits per heavy atom. The zero-order valence-corrected chi connectivity index (χ0v) is 19.6. The number of anilines is 1. The summed E-state index contributed by atoms with van der Waals surface area (Å²) >= 11 is 0. The molecule has 0 aliphatic carbocycles. The van der Waals surface area contributed by atoms with Crippen LogP contribution in [-0.4, -0.2) is 56.6 Å². The molecule has 0 atom stereocenters. The van der Waals surface area contributed by atoms with Crippen LogP contribution < -0.4 is 4.90 Å². The normalized spacial score (nSPS) is 14.1. The van der Waals surface area contributed by atoms with Crippen LogP contribution in [0.15, 0.2) is 78.9 Å². The van der Waals surface area contributed by atoms with Crippen molar-refractivity contribution in [2.75, 3.05) is 31.1 Å². The molecule has 1 aliphatic heterocycles. The zero-order chi connectivity index (χ0) is 23.8. The summed E-state index contributed by atoms with van der Waals surface area (Å²) in [6.07, 6.45) is 0.433. The molecule has 0 radical (unpaired) electrons. The number of hydrogen-bond donors (Lipinski definition) is 0. The van der Waals surface area contributed by atoms with Crippen molar-refractivity contribution in [1.82, 2.24) is 24.5 Å². The van der Waals surface area contributed by atoms with Gasteiger partial charge in [-0.2, -0.15) is 0 Å². The molecule has 7 nitrogen and oxygen atoms in total. The lowest BCUT2D eigenvalue weighted by Gasteiger charge is -2.35. The van der Waals surface area contributed by atoms with Crippen LogP contribution in [0.3, 0.4) is 0 Å². The van der Waals surface area contributed by atoms with Gasteiger partial charge in [0, 0.05) is 37.1 Å². The first-order valence-corrected chi connectivity index (χ1v) is 11.9. The number of hydrogen-bond acceptors (Lipinski definition) is 5. The minimum atomic E-state index is 0.164. The zero-order valence-electron chi connectivity index (χ0n) is 19.6. The fourth-order valence-corrected chi connectivity index (χ4v) is 4.71. The van der Waals surface area contributed by atoms with Gasteiger partial charge < -0.3 is 9.80 Å². The average Bonchev–Trinajstić information content (AvgIpc) is 3.35. The number of benzene rings is 3. The van der Waals surface area contributed by atoms with Gasteiger partial charge in [-0.05, 0) is 24.6 Å². The molecule has 1 saturated heterocycles. The van der Waals surface area contributed by atoms with Crippen molar-refractivity contribution in [3.8, 4) is 11.4 Å². The second-order valence-electron chi connectivity index (χ2n) is 9.01. The number of amides is 1. The number of carbonyl (C=O) groups is 1. The van der Waals surface area contributed by atoms with Crippen molar-refractivity contribution < 1.29 is 4.79 Å². The summed E-state index contributed by atoms with van der Waals surface area (Å²) in [5.41, 5.74) is 4.93. The lowest BCUT2D eigenvalue weighted by atomic mass is 10.1. The predicted octanol–water partition coefficient (Wildman–Crippen LogP) is 4.14. The molecule has 5 aromatic rings. The standard InChI is InChI=1S/C28H26N6O/c1-20-11-13-22(14-12-20)26-30-31-27-23-9-5-6-10-24(23)29-28(34(26)27)33-17-15-32(16-18-33)25(35)19-21-7-3-2-4-8-21/h2-14H,15-19H2,1H3. The number of nitrogens with zero attached hydrogens (tertiary/aromatic N) is 6. The molecule has 7 heteroatoms. The van der Waals surface area contributed by atoms with Gasteiger partial charge in [0.15, 0.2) is 11.5 Å². The number of aryl methyl sites for hydroxylation is 1. The lowest BCUT2D eigenvalue weighted by Crippen LogP contribution is -2.50. The Balaban J connectivity index is 1.34. The van der Waals surface area contributed by atoms with Crippen molar-refractivity contribution in [2.45, 2.75) is 13.3 Å². The van der Waals surface area contributed by atoms with Gasteiger partial charge in [0.2, 0.25) is 11.9 Å². The van der Waals surface area contributed by atoms with Gasteiger partial charge >= 0.3 is 0 Å². The van der Waals surface area contributed by atoms with Crippen molar-refractivity contribution in [3.05, 3.63) is 90.0 Å². The van der Waals surface area contributed by atoms with Gasteiger partial charge in [-0.1, -0.05) is 72.3 Å². The van der Waals surface area contributed by atoms with Gasteiger partial charge in [-0.3, -0.25) is 4.79 Å². The Hall–Kier alpha value is -4.26. The fraction of sp³-hybridized carbons (Fsp3) is 0.214. The van der Waals surface area contributed by atoms with Crippen LogP contribution in [0.1, 0.15) is 11.1 Å². The molecule has 0 N–H and O–H groups in total. The maximum absolute atomic E-state index is 12.9. The number of aromatic nitrogens is 4. The molecule has 1 amide bonds. The first-order valence-electron chi connectivity index (χ1n) is 11.9. The molecule has 1 fully saturated rings. The molecular formula is C28H26N6O. The third kappa shape index (κ3) is 3.99. The highest BCUT2D eigenvalue weighted by Gasteiger charge is 2.26. The van der Waals surface area contributed by atoms with Crippen LogP contribution in [-0.2, 0) is 11.2 Å². The Morgan fingerprint density at radius 3 is 2.31 bits per heavy atom. The van der Waals surface area contributed by atoms with E-state index in [1.165, 1.54) is 5.56 Å². The number of rotatable bonds is 4. The minimum Gasteiger partial charge on any atom is -0.339 e. The molecule has 0 spiro atoms. The van der Waals surface area contributed by atoms with Crippen LogP contribution in [0.2, 0.25) is 0 Å². The summed E-state index contributed by atoms with van der Waals surface area (Å²) in [7, 11) is 0. The molecule has 174 valence electrons. The van der Waals surface area contributed by atoms with Gasteiger partial charge in [-0.25, -0.2) is 9.38 Å². The maximum atomic E-state index is 12.9. The van der Waals surface area contributed by atoms with E-state index in [1.807, 2.05) is 59.5 Å². The first kappa shape index (κ1) is 21.3. The smallest absolute Gasteiger partial charge is 0.227 e. The van der Waals surface area contributed by atoms with Gasteiger partial charge in [0.25, 0.3) is 0 Å². The number of piperazine rings is 1. The Labute approximate surface area is 203 Å². The highest BCUT2D eigenvalue weighted by atomic mass is 16.2. The summed E-state index contributed by atoms with van der Waals surface area (Å²) in [5, 5.41) is 10.1. The van der Waals surface area contributed by atoms with Gasteiger partial charge in [0.05, 0.1) is 11.9 Å². The number of para-hydroxylation sites is 1. The van der Waals surface area contributed by atoms with Crippen molar-refractivity contribution in [3.63, 3.8) is 0 Å². The van der Waals surface area contributed by atoms with Crippen LogP contribution in [0.4, 0.5) is 5.95 Å². The largest absolute Gasteiger partial charge is 0.339 e. The van der Waals surface area contributed by atoms with E-state index in [2.05, 4.69) is 50.7 Å². The van der Waals surface area contributed by atoms with Crippen molar-refractivity contribution in [2.24, 2.45) is 0 Å². The molecule has 3 aromatic carbocycles. The summed E-state index contributed by atoms with van der Waals surface area (Å²) < 4.78 is 2.06. The number of fused-ring (bicyclic) bond motifs is 3. The summed E-state index contributed by atoms with van der Waals surface area (Å²) in [4.78, 5) is 22.1. The van der Waals surface area contributed by atoms with E-state index >= 15 is 0 Å². The van der Waals surface area contributed by atoms with Crippen molar-refractivity contribution >= 4 is 28.4 Å². The third-order valence-corrected chi connectivity index (χ3v) is 6.65. The van der Waals surface area contributed by atoms with E-state index in [9.17, 15) is 4.79 Å². The molecule has 0 bridgehead atoms. The predicted molar refractivity (Wildman–Crippen MR) is 137 cm³/mol. The quantitative estimate of drug-likeness (QED) is 0.402. The molecule has 0 saturated carbocycles. The van der Waals surface area contributed by atoms with Crippen LogP contribution in [0.5, 0.6) is 0 Å². The maximum Gasteiger partial charge on any atom is 0.227 e. The molecule has 35 heavy (non-hydrogen) atoms. The van der Waals surface area contributed by atoms with E-state index in [0.717, 1.165) is 39.4 Å². The van der Waals surface area contributed by atoms with Crippen LogP contribution in [0.25, 0.3) is 27.9 Å². The molecule has 0 unspecified atom stereocenters. The third-order valence-electron chi connectivity index (χ3n) is 6.65. The molecule has 2 aromatic heterocycles. The molecule has 1 aliphatic rings. The molecular weight excluding hydrogens is 436 g/mol. The summed E-state index contributed by atoms with van der Waals surface area (Å²) in [6, 6.07) is 26.3. The number of carbonyl (C=O) groups excluding carboxylic acids is 1. The van der Waals surface area contributed by atoms with E-state index in [-0.39, 0.29) is 5.91 Å². The fourth-order valence-electron chi connectivity index (χ4n) is 4.71. The monoisotopic (exact) mass is 462 g/mol. The highest BCUT2D eigenvalue weighted by molar-refractivity contribution is 5.93. The Kier molecular flexibility index (Phi) is 5.37. The van der Waals surface area contributed by atoms with Crippen LogP contribution in [0, 0.1) is 6.92 Å². The average molecular weight is 463 g/mol. The second kappa shape index (κ2) is 8.83. The van der Waals surface area contributed by atoms with E-state index in [0.29, 0.717) is 32.6 Å². The van der Waals surface area contributed by atoms with E-state index in [4.69, 9.17) is 4.98 Å². The highest BCUT2D eigenvalue weighted by Crippen LogP contribution is 2.29. The van der Waals surface area contributed by atoms with Gasteiger partial charge in [0.1, 0.15) is 0 Å². The SMILES string of the molecule is Cc1ccc(-c2nnc3c4ccccc4nc(N4CCN(C(=O)Cc5ccccc5)CC4)n23)cc1. The van der Waals surface area contributed by atoms with Gasteiger partial charge in [-0.15, -0.1) is 10.2 Å². The van der Waals surface area contributed by atoms with Crippen molar-refractivity contribution in [1.29, 1.82) is 0 Å². The Bertz CT molecular complexity index is 1500. The first-order chi connectivity index (χ1) is 17.2. The second-order valence-corrected chi connectivity index (χ2v) is 9.01. The molecule has 6 rings (SSSR count). The van der Waals surface area contributed by atoms with E-state index < -0.39 is 0 Å². The lowest BCUT2D eigenvalue weighted by molar-refractivity contribution is -0.130. The molecule has 3 heterocycles. The van der Waals surface area contributed by atoms with E-state index in [1.54, 1.807) is 0 Å².